The average molecular weight is 364 g/mol. The number of carbonyl (C=O) groups excluding carboxylic acids is 1. The second-order valence-corrected chi connectivity index (χ2v) is 6.76. The Labute approximate surface area is 151 Å². The number of aromatic nitrogens is 3. The van der Waals surface area contributed by atoms with Crippen LogP contribution in [0.3, 0.4) is 0 Å². The van der Waals surface area contributed by atoms with Gasteiger partial charge in [-0.3, -0.25) is 9.59 Å². The fraction of sp³-hybridized carbons (Fsp3) is 0.529. The van der Waals surface area contributed by atoms with E-state index in [-0.39, 0.29) is 42.9 Å². The normalized spacial score (nSPS) is 24.7. The van der Waals surface area contributed by atoms with Gasteiger partial charge in [-0.25, -0.2) is 4.68 Å². The first kappa shape index (κ1) is 17.8. The maximum Gasteiger partial charge on any atom is 0.277 e. The van der Waals surface area contributed by atoms with E-state index in [4.69, 9.17) is 0 Å². The van der Waals surface area contributed by atoms with E-state index in [9.17, 15) is 9.59 Å². The highest BCUT2D eigenvalue weighted by atomic mass is 35.5. The summed E-state index contributed by atoms with van der Waals surface area (Å²) in [7, 11) is 0. The lowest BCUT2D eigenvalue weighted by Gasteiger charge is -2.29. The molecule has 1 amide bonds. The van der Waals surface area contributed by atoms with Crippen LogP contribution in [-0.2, 0) is 11.3 Å². The SMILES string of the molecule is Cl.O=C(CCn1nnc2ccccc2c1=O)NC1CC2CCC(C1)N2. The van der Waals surface area contributed by atoms with Crippen molar-refractivity contribution in [3.05, 3.63) is 34.6 Å². The molecule has 7 nitrogen and oxygen atoms in total. The standard InChI is InChI=1S/C17H21N5O2.ClH/c23-16(19-13-9-11-5-6-12(10-13)18-11)7-8-22-17(24)14-3-1-2-4-15(14)20-21-22;/h1-4,11-13,18H,5-10H2,(H,19,23);1H. The third-order valence-corrected chi connectivity index (χ3v) is 5.02. The van der Waals surface area contributed by atoms with Crippen molar-refractivity contribution in [3.63, 3.8) is 0 Å². The van der Waals surface area contributed by atoms with Gasteiger partial charge in [-0.05, 0) is 37.8 Å². The lowest BCUT2D eigenvalue weighted by atomic mass is 10.00. The molecule has 2 N–H and O–H groups in total. The molecular weight excluding hydrogens is 342 g/mol. The van der Waals surface area contributed by atoms with Crippen LogP contribution in [0.4, 0.5) is 0 Å². The summed E-state index contributed by atoms with van der Waals surface area (Å²) in [6.07, 6.45) is 4.65. The molecule has 2 bridgehead atoms. The summed E-state index contributed by atoms with van der Waals surface area (Å²) in [4.78, 5) is 24.5. The molecule has 0 radical (unpaired) electrons. The zero-order valence-corrected chi connectivity index (χ0v) is 14.7. The molecule has 1 aromatic heterocycles. The Morgan fingerprint density at radius 1 is 1.24 bits per heavy atom. The molecule has 1 aromatic carbocycles. The van der Waals surface area contributed by atoms with E-state index in [1.807, 2.05) is 6.07 Å². The summed E-state index contributed by atoms with van der Waals surface area (Å²) in [5, 5.41) is 15.2. The molecule has 0 aliphatic carbocycles. The maximum atomic E-state index is 12.3. The number of amides is 1. The smallest absolute Gasteiger partial charge is 0.277 e. The van der Waals surface area contributed by atoms with Crippen molar-refractivity contribution < 1.29 is 4.79 Å². The molecule has 2 saturated heterocycles. The third-order valence-electron chi connectivity index (χ3n) is 5.02. The first-order valence-corrected chi connectivity index (χ1v) is 8.57. The summed E-state index contributed by atoms with van der Waals surface area (Å²) in [6.45, 7) is 0.250. The van der Waals surface area contributed by atoms with Crippen molar-refractivity contribution in [2.75, 3.05) is 0 Å². The molecule has 8 heteroatoms. The Bertz CT molecular complexity index is 812. The van der Waals surface area contributed by atoms with E-state index >= 15 is 0 Å². The van der Waals surface area contributed by atoms with Gasteiger partial charge >= 0.3 is 0 Å². The minimum atomic E-state index is -0.201. The molecule has 2 fully saturated rings. The van der Waals surface area contributed by atoms with Gasteiger partial charge in [0.25, 0.3) is 5.56 Å². The van der Waals surface area contributed by atoms with E-state index in [1.54, 1.807) is 18.2 Å². The van der Waals surface area contributed by atoms with Crippen LogP contribution in [0, 0.1) is 0 Å². The molecule has 25 heavy (non-hydrogen) atoms. The van der Waals surface area contributed by atoms with Crippen LogP contribution in [0.5, 0.6) is 0 Å². The van der Waals surface area contributed by atoms with Crippen molar-refractivity contribution in [1.82, 2.24) is 25.6 Å². The molecular formula is C17H22ClN5O2. The lowest BCUT2D eigenvalue weighted by Crippen LogP contribution is -2.48. The molecule has 4 rings (SSSR count). The van der Waals surface area contributed by atoms with E-state index in [2.05, 4.69) is 20.9 Å². The Morgan fingerprint density at radius 2 is 1.96 bits per heavy atom. The van der Waals surface area contributed by atoms with Crippen LogP contribution in [0.1, 0.15) is 32.1 Å². The van der Waals surface area contributed by atoms with Crippen molar-refractivity contribution >= 4 is 29.2 Å². The first-order chi connectivity index (χ1) is 11.7. The van der Waals surface area contributed by atoms with E-state index in [0.29, 0.717) is 23.0 Å². The predicted octanol–water partition coefficient (Wildman–Crippen LogP) is 1.00. The van der Waals surface area contributed by atoms with Gasteiger partial charge in [0.1, 0.15) is 5.52 Å². The number of piperidine rings is 1. The number of nitrogens with one attached hydrogen (secondary N) is 2. The van der Waals surface area contributed by atoms with Gasteiger partial charge in [0.15, 0.2) is 0 Å². The molecule has 134 valence electrons. The highest BCUT2D eigenvalue weighted by molar-refractivity contribution is 5.85. The molecule has 2 atom stereocenters. The minimum absolute atomic E-state index is 0. The van der Waals surface area contributed by atoms with Crippen LogP contribution >= 0.6 is 12.4 Å². The van der Waals surface area contributed by atoms with E-state index in [0.717, 1.165) is 12.8 Å². The first-order valence-electron chi connectivity index (χ1n) is 8.57. The van der Waals surface area contributed by atoms with Gasteiger partial charge in [-0.1, -0.05) is 17.3 Å². The van der Waals surface area contributed by atoms with Crippen LogP contribution in [-0.4, -0.2) is 39.0 Å². The number of aryl methyl sites for hydroxylation is 1. The number of hydrogen-bond donors (Lipinski definition) is 2. The van der Waals surface area contributed by atoms with Gasteiger partial charge in [0.2, 0.25) is 5.91 Å². The zero-order chi connectivity index (χ0) is 16.5. The molecule has 2 unspecified atom stereocenters. The number of fused-ring (bicyclic) bond motifs is 3. The van der Waals surface area contributed by atoms with Gasteiger partial charge in [0, 0.05) is 24.5 Å². The summed E-state index contributed by atoms with van der Waals surface area (Å²) < 4.78 is 1.27. The van der Waals surface area contributed by atoms with Crippen LogP contribution in [0.2, 0.25) is 0 Å². The van der Waals surface area contributed by atoms with Gasteiger partial charge in [-0.2, -0.15) is 0 Å². The highest BCUT2D eigenvalue weighted by Crippen LogP contribution is 2.26. The van der Waals surface area contributed by atoms with Crippen molar-refractivity contribution in [2.24, 2.45) is 0 Å². The molecule has 0 spiro atoms. The van der Waals surface area contributed by atoms with E-state index in [1.165, 1.54) is 17.5 Å². The van der Waals surface area contributed by atoms with Crippen molar-refractivity contribution in [3.8, 4) is 0 Å². The number of benzene rings is 1. The Kier molecular flexibility index (Phi) is 5.34. The lowest BCUT2D eigenvalue weighted by molar-refractivity contribution is -0.122. The van der Waals surface area contributed by atoms with Crippen molar-refractivity contribution in [2.45, 2.75) is 56.8 Å². The summed E-state index contributed by atoms with van der Waals surface area (Å²) in [5.74, 6) is -0.0249. The van der Waals surface area contributed by atoms with Crippen LogP contribution in [0.25, 0.3) is 10.9 Å². The zero-order valence-electron chi connectivity index (χ0n) is 13.9. The van der Waals surface area contributed by atoms with Gasteiger partial charge in [-0.15, -0.1) is 17.5 Å². The summed E-state index contributed by atoms with van der Waals surface area (Å²) in [6, 6.07) is 8.44. The van der Waals surface area contributed by atoms with Crippen molar-refractivity contribution in [1.29, 1.82) is 0 Å². The Balaban J connectivity index is 0.00000182. The second kappa shape index (κ2) is 7.49. The number of carbonyl (C=O) groups is 1. The molecule has 3 heterocycles. The molecule has 2 aliphatic rings. The van der Waals surface area contributed by atoms with Gasteiger partial charge in [0.05, 0.1) is 11.9 Å². The maximum absolute atomic E-state index is 12.3. The third kappa shape index (κ3) is 3.82. The highest BCUT2D eigenvalue weighted by Gasteiger charge is 2.33. The predicted molar refractivity (Wildman–Crippen MR) is 96.8 cm³/mol. The molecule has 2 aliphatic heterocycles. The Morgan fingerprint density at radius 3 is 2.72 bits per heavy atom. The fourth-order valence-corrected chi connectivity index (χ4v) is 3.85. The summed E-state index contributed by atoms with van der Waals surface area (Å²) >= 11 is 0. The minimum Gasteiger partial charge on any atom is -0.353 e. The van der Waals surface area contributed by atoms with Crippen LogP contribution in [0.15, 0.2) is 29.1 Å². The fourth-order valence-electron chi connectivity index (χ4n) is 3.85. The second-order valence-electron chi connectivity index (χ2n) is 6.76. The number of halogens is 1. The van der Waals surface area contributed by atoms with E-state index < -0.39 is 0 Å². The monoisotopic (exact) mass is 363 g/mol. The number of rotatable bonds is 4. The number of hydrogen-bond acceptors (Lipinski definition) is 5. The molecule has 2 aromatic rings. The number of nitrogens with zero attached hydrogens (tertiary/aromatic N) is 3. The van der Waals surface area contributed by atoms with Gasteiger partial charge < -0.3 is 10.6 Å². The Hall–Kier alpha value is -1.99. The topological polar surface area (TPSA) is 88.9 Å². The van der Waals surface area contributed by atoms with Crippen LogP contribution < -0.4 is 16.2 Å². The largest absolute Gasteiger partial charge is 0.353 e. The quantitative estimate of drug-likeness (QED) is 0.846. The molecule has 0 saturated carbocycles. The summed E-state index contributed by atoms with van der Waals surface area (Å²) in [5.41, 5.74) is 0.377. The average Bonchev–Trinajstić information content (AvgIpc) is 2.93.